The summed E-state index contributed by atoms with van der Waals surface area (Å²) < 4.78 is 0. The molecule has 12 rings (SSSR count). The van der Waals surface area contributed by atoms with Gasteiger partial charge in [-0.1, -0.05) is 184 Å². The predicted octanol–water partition coefficient (Wildman–Crippen LogP) is 16.4. The molecule has 0 heterocycles. The zero-order valence-electron chi connectivity index (χ0n) is 36.0. The highest BCUT2D eigenvalue weighted by molar-refractivity contribution is 5.92. The maximum Gasteiger partial charge on any atom is 0.0713 e. The minimum Gasteiger partial charge on any atom is -0.311 e. The van der Waals surface area contributed by atoms with Crippen LogP contribution in [-0.4, -0.2) is 0 Å². The molecule has 0 radical (unpaired) electrons. The van der Waals surface area contributed by atoms with Crippen LogP contribution >= 0.6 is 0 Å². The zero-order valence-corrected chi connectivity index (χ0v) is 36.0. The maximum absolute atomic E-state index is 2.44. The molecular weight excluding hydrogens is 773 g/mol. The van der Waals surface area contributed by atoms with Gasteiger partial charge in [-0.25, -0.2) is 0 Å². The van der Waals surface area contributed by atoms with Gasteiger partial charge < -0.3 is 9.80 Å². The molecule has 10 aromatic carbocycles. The Balaban J connectivity index is 1.03. The van der Waals surface area contributed by atoms with Gasteiger partial charge in [-0.3, -0.25) is 0 Å². The summed E-state index contributed by atoms with van der Waals surface area (Å²) in [5, 5.41) is 2.45. The third-order valence-corrected chi connectivity index (χ3v) is 13.9. The van der Waals surface area contributed by atoms with Crippen molar-refractivity contribution < 1.29 is 0 Å². The topological polar surface area (TPSA) is 6.48 Å². The number of anilines is 6. The molecule has 0 N–H and O–H groups in total. The van der Waals surface area contributed by atoms with Crippen molar-refractivity contribution >= 4 is 44.9 Å². The molecule has 304 valence electrons. The van der Waals surface area contributed by atoms with Gasteiger partial charge in [0.2, 0.25) is 0 Å². The fraction of sp³-hybridized carbons (Fsp3) is 0.0645. The van der Waals surface area contributed by atoms with E-state index in [1.165, 1.54) is 66.4 Å². The Morgan fingerprint density at radius 2 is 0.641 bits per heavy atom. The van der Waals surface area contributed by atoms with Gasteiger partial charge in [-0.15, -0.1) is 0 Å². The Hall–Kier alpha value is -7.94. The molecule has 0 amide bonds. The van der Waals surface area contributed by atoms with E-state index in [0.717, 1.165) is 34.1 Å². The smallest absolute Gasteiger partial charge is 0.0713 e. The summed E-state index contributed by atoms with van der Waals surface area (Å²) in [6, 6.07) is 89.5. The van der Waals surface area contributed by atoms with Crippen molar-refractivity contribution in [1.29, 1.82) is 0 Å². The summed E-state index contributed by atoms with van der Waals surface area (Å²) in [6.45, 7) is 4.72. The fourth-order valence-electron chi connectivity index (χ4n) is 10.9. The number of hydrogen-bond donors (Lipinski definition) is 0. The third kappa shape index (κ3) is 5.80. The molecule has 64 heavy (non-hydrogen) atoms. The van der Waals surface area contributed by atoms with Gasteiger partial charge in [0.15, 0.2) is 0 Å². The summed E-state index contributed by atoms with van der Waals surface area (Å²) in [6.07, 6.45) is 0. The van der Waals surface area contributed by atoms with E-state index in [2.05, 4.69) is 266 Å². The molecule has 0 unspecified atom stereocenters. The fourth-order valence-corrected chi connectivity index (χ4v) is 10.9. The van der Waals surface area contributed by atoms with Gasteiger partial charge in [-0.2, -0.15) is 0 Å². The minimum atomic E-state index is -0.550. The average Bonchev–Trinajstić information content (AvgIpc) is 3.78. The van der Waals surface area contributed by atoms with E-state index in [1.807, 2.05) is 0 Å². The molecule has 10 aromatic rings. The standard InChI is InChI=1S/C62H46N2/c1-61(2)57-26-14-11-23-53(57)56-40-39-52(42-60(56)61)64(51-34-29-43-17-9-10-18-44(43)41-51)50-37-32-46(33-38-50)62(58-27-15-12-24-54(58)55-25-13-16-28-59(55)62)45-30-35-49(36-31-45)63(47-19-5-3-6-20-47)48-21-7-4-8-22-48/h3-42H,1-2H3. The Morgan fingerprint density at radius 3 is 1.20 bits per heavy atom. The van der Waals surface area contributed by atoms with Gasteiger partial charge in [0.05, 0.1) is 5.41 Å². The number of rotatable bonds is 8. The second-order valence-corrected chi connectivity index (χ2v) is 17.7. The minimum absolute atomic E-state index is 0.120. The third-order valence-electron chi connectivity index (χ3n) is 13.9. The quantitative estimate of drug-likeness (QED) is 0.151. The van der Waals surface area contributed by atoms with Crippen LogP contribution in [0.4, 0.5) is 34.1 Å². The van der Waals surface area contributed by atoms with E-state index in [4.69, 9.17) is 0 Å². The lowest BCUT2D eigenvalue weighted by Gasteiger charge is -2.35. The van der Waals surface area contributed by atoms with E-state index in [9.17, 15) is 0 Å². The number of hydrogen-bond acceptors (Lipinski definition) is 2. The molecule has 0 atom stereocenters. The Morgan fingerprint density at radius 1 is 0.266 bits per heavy atom. The van der Waals surface area contributed by atoms with Crippen LogP contribution in [0.2, 0.25) is 0 Å². The highest BCUT2D eigenvalue weighted by atomic mass is 15.1. The van der Waals surface area contributed by atoms with Gasteiger partial charge in [0.25, 0.3) is 0 Å². The van der Waals surface area contributed by atoms with Crippen LogP contribution in [0.25, 0.3) is 33.0 Å². The Bertz CT molecular complexity index is 3260. The first-order valence-electron chi connectivity index (χ1n) is 22.3. The van der Waals surface area contributed by atoms with Crippen LogP contribution in [0, 0.1) is 0 Å². The lowest BCUT2D eigenvalue weighted by molar-refractivity contribution is 0.660. The molecule has 0 saturated carbocycles. The molecular formula is C62H46N2. The predicted molar refractivity (Wildman–Crippen MR) is 268 cm³/mol. The monoisotopic (exact) mass is 818 g/mol. The van der Waals surface area contributed by atoms with E-state index in [0.29, 0.717) is 0 Å². The summed E-state index contributed by atoms with van der Waals surface area (Å²) in [5.41, 5.74) is 19.1. The van der Waals surface area contributed by atoms with Gasteiger partial charge in [0.1, 0.15) is 0 Å². The van der Waals surface area contributed by atoms with Crippen molar-refractivity contribution in [1.82, 2.24) is 0 Å². The van der Waals surface area contributed by atoms with Crippen molar-refractivity contribution in [2.45, 2.75) is 24.7 Å². The molecule has 0 fully saturated rings. The van der Waals surface area contributed by atoms with Crippen LogP contribution in [0.1, 0.15) is 47.2 Å². The molecule has 0 spiro atoms. The SMILES string of the molecule is CC1(C)c2ccccc2-c2ccc(N(c3ccc(C4(c5ccc(N(c6ccccc6)c6ccccc6)cc5)c5ccccc5-c5ccccc54)cc3)c3ccc4ccccc4c3)cc21. The van der Waals surface area contributed by atoms with Crippen molar-refractivity contribution in [3.05, 3.63) is 276 Å². The average molecular weight is 819 g/mol. The molecule has 2 aliphatic rings. The molecule has 2 nitrogen and oxygen atoms in total. The highest BCUT2D eigenvalue weighted by Crippen LogP contribution is 2.57. The van der Waals surface area contributed by atoms with Gasteiger partial charge in [-0.05, 0) is 139 Å². The molecule has 0 aliphatic heterocycles. The van der Waals surface area contributed by atoms with Crippen molar-refractivity contribution in [2.75, 3.05) is 9.80 Å². The van der Waals surface area contributed by atoms with Crippen molar-refractivity contribution in [3.63, 3.8) is 0 Å². The summed E-state index contributed by atoms with van der Waals surface area (Å²) in [4.78, 5) is 4.78. The number of nitrogens with zero attached hydrogens (tertiary/aromatic N) is 2. The molecule has 2 aliphatic carbocycles. The lowest BCUT2D eigenvalue weighted by Crippen LogP contribution is -2.28. The van der Waals surface area contributed by atoms with E-state index in [1.54, 1.807) is 0 Å². The second-order valence-electron chi connectivity index (χ2n) is 17.7. The van der Waals surface area contributed by atoms with Crippen molar-refractivity contribution in [2.24, 2.45) is 0 Å². The van der Waals surface area contributed by atoms with Crippen LogP contribution < -0.4 is 9.80 Å². The molecule has 0 bridgehead atoms. The lowest BCUT2D eigenvalue weighted by atomic mass is 9.67. The molecule has 0 saturated heterocycles. The number of para-hydroxylation sites is 2. The first-order valence-corrected chi connectivity index (χ1v) is 22.3. The number of fused-ring (bicyclic) bond motifs is 7. The first kappa shape index (κ1) is 37.8. The van der Waals surface area contributed by atoms with E-state index in [-0.39, 0.29) is 5.41 Å². The Kier molecular flexibility index (Phi) is 8.77. The largest absolute Gasteiger partial charge is 0.311 e. The Labute approximate surface area is 376 Å². The summed E-state index contributed by atoms with van der Waals surface area (Å²) in [7, 11) is 0. The van der Waals surface area contributed by atoms with E-state index < -0.39 is 5.41 Å². The maximum atomic E-state index is 2.44. The second kappa shape index (κ2) is 14.9. The summed E-state index contributed by atoms with van der Waals surface area (Å²) >= 11 is 0. The van der Waals surface area contributed by atoms with Crippen LogP contribution in [0.15, 0.2) is 243 Å². The highest BCUT2D eigenvalue weighted by Gasteiger charge is 2.46. The van der Waals surface area contributed by atoms with E-state index >= 15 is 0 Å². The van der Waals surface area contributed by atoms with Crippen molar-refractivity contribution in [3.8, 4) is 22.3 Å². The molecule has 0 aromatic heterocycles. The van der Waals surface area contributed by atoms with Crippen LogP contribution in [0.5, 0.6) is 0 Å². The van der Waals surface area contributed by atoms with Crippen LogP contribution in [-0.2, 0) is 10.8 Å². The van der Waals surface area contributed by atoms with Crippen LogP contribution in [0.3, 0.4) is 0 Å². The first-order chi connectivity index (χ1) is 31.5. The molecule has 2 heteroatoms. The normalized spacial score (nSPS) is 13.7. The van der Waals surface area contributed by atoms with Gasteiger partial charge in [0, 0.05) is 39.5 Å². The van der Waals surface area contributed by atoms with Gasteiger partial charge >= 0.3 is 0 Å². The zero-order chi connectivity index (χ0) is 42.8. The number of benzene rings is 10. The summed E-state index contributed by atoms with van der Waals surface area (Å²) in [5.74, 6) is 0.